The molecule has 4 nitrogen and oxygen atoms in total. The maximum absolute atomic E-state index is 13.3. The van der Waals surface area contributed by atoms with Gasteiger partial charge in [0, 0.05) is 30.2 Å². The van der Waals surface area contributed by atoms with Crippen LogP contribution in [0.25, 0.3) is 0 Å². The number of carbonyl (C=O) groups excluding carboxylic acids is 1. The minimum Gasteiger partial charge on any atom is -0.330 e. The molecule has 0 radical (unpaired) electrons. The Hall–Kier alpha value is -3.54. The summed E-state index contributed by atoms with van der Waals surface area (Å²) in [5.41, 5.74) is 4.68. The van der Waals surface area contributed by atoms with Gasteiger partial charge in [-0.05, 0) is 67.9 Å². The maximum atomic E-state index is 13.3. The number of carbonyl (C=O) groups is 1. The number of hydrogen-bond acceptors (Lipinski definition) is 2. The highest BCUT2D eigenvalue weighted by Gasteiger charge is 2.32. The lowest BCUT2D eigenvalue weighted by Gasteiger charge is -2.37. The Bertz CT molecular complexity index is 1190. The molecule has 3 rings (SSSR count). The second-order valence-corrected chi connectivity index (χ2v) is 9.68. The second kappa shape index (κ2) is 11.3. The molecule has 0 spiro atoms. The van der Waals surface area contributed by atoms with Crippen molar-refractivity contribution in [3.05, 3.63) is 107 Å². The van der Waals surface area contributed by atoms with Crippen LogP contribution in [0, 0.1) is 17.0 Å². The molecule has 0 bridgehead atoms. The van der Waals surface area contributed by atoms with E-state index in [2.05, 4.69) is 47.8 Å². The topological polar surface area (TPSA) is 46.9 Å². The van der Waals surface area contributed by atoms with E-state index in [0.29, 0.717) is 11.6 Å². The number of aromatic nitrogens is 2. The molecular weight excluding hydrogens is 444 g/mol. The number of allylic oxidation sites excluding steroid dienone is 9. The van der Waals surface area contributed by atoms with Crippen LogP contribution >= 0.6 is 0 Å². The van der Waals surface area contributed by atoms with Crippen molar-refractivity contribution in [3.63, 3.8) is 0 Å². The summed E-state index contributed by atoms with van der Waals surface area (Å²) in [6.45, 7) is 10.6. The summed E-state index contributed by atoms with van der Waals surface area (Å²) >= 11 is 0. The smallest absolute Gasteiger partial charge is 0.248 e. The van der Waals surface area contributed by atoms with Crippen molar-refractivity contribution in [2.24, 2.45) is 5.41 Å². The lowest BCUT2D eigenvalue weighted by molar-refractivity contribution is -0.111. The van der Waals surface area contributed by atoms with E-state index in [1.807, 2.05) is 43.9 Å². The number of halogens is 2. The van der Waals surface area contributed by atoms with E-state index in [9.17, 15) is 13.6 Å². The normalized spacial score (nSPS) is 19.1. The van der Waals surface area contributed by atoms with Crippen LogP contribution in [0.5, 0.6) is 0 Å². The molecule has 35 heavy (non-hydrogen) atoms. The van der Waals surface area contributed by atoms with Crippen LogP contribution in [0.3, 0.4) is 0 Å². The molecule has 1 aromatic heterocycles. The summed E-state index contributed by atoms with van der Waals surface area (Å²) in [5, 5.41) is 2.47. The molecule has 1 unspecified atom stereocenters. The second-order valence-electron chi connectivity index (χ2n) is 9.68. The van der Waals surface area contributed by atoms with Gasteiger partial charge in [0.25, 0.3) is 0 Å². The van der Waals surface area contributed by atoms with Gasteiger partial charge < -0.3 is 9.88 Å². The van der Waals surface area contributed by atoms with Crippen molar-refractivity contribution >= 4 is 11.6 Å². The van der Waals surface area contributed by atoms with Crippen LogP contribution in [0.1, 0.15) is 53.5 Å². The number of nitrogens with zero attached hydrogens (tertiary/aromatic N) is 2. The van der Waals surface area contributed by atoms with Crippen LogP contribution in [-0.4, -0.2) is 15.5 Å². The average molecular weight is 478 g/mol. The van der Waals surface area contributed by atoms with Crippen molar-refractivity contribution in [1.82, 2.24) is 9.55 Å². The Morgan fingerprint density at radius 2 is 1.86 bits per heavy atom. The Morgan fingerprint density at radius 1 is 1.14 bits per heavy atom. The number of anilines is 1. The number of nitrogens with one attached hydrogen (secondary N) is 1. The zero-order chi connectivity index (χ0) is 25.6. The van der Waals surface area contributed by atoms with E-state index in [0.717, 1.165) is 36.6 Å². The number of imidazole rings is 1. The first-order valence-electron chi connectivity index (χ1n) is 11.7. The highest BCUT2D eigenvalue weighted by molar-refractivity contribution is 5.99. The van der Waals surface area contributed by atoms with Gasteiger partial charge in [0.05, 0.1) is 12.4 Å². The first-order valence-corrected chi connectivity index (χ1v) is 11.7. The first-order chi connectivity index (χ1) is 16.5. The van der Waals surface area contributed by atoms with Crippen LogP contribution in [0.2, 0.25) is 0 Å². The molecule has 1 N–H and O–H groups in total. The fourth-order valence-electron chi connectivity index (χ4n) is 4.43. The minimum absolute atomic E-state index is 0.0759. The molecule has 0 aliphatic heterocycles. The number of hydrogen-bond donors (Lipinski definition) is 1. The van der Waals surface area contributed by atoms with Gasteiger partial charge in [-0.15, -0.1) is 0 Å². The molecule has 1 heterocycles. The predicted molar refractivity (Wildman–Crippen MR) is 138 cm³/mol. The van der Waals surface area contributed by atoms with Crippen molar-refractivity contribution < 1.29 is 13.6 Å². The molecule has 6 heteroatoms. The zero-order valence-electron chi connectivity index (χ0n) is 21.0. The van der Waals surface area contributed by atoms with Crippen LogP contribution in [-0.2, 0) is 4.79 Å². The summed E-state index contributed by atoms with van der Waals surface area (Å²) in [4.78, 5) is 16.3. The van der Waals surface area contributed by atoms with Crippen LogP contribution in [0.15, 0.2) is 95.7 Å². The third-order valence-corrected chi connectivity index (χ3v) is 6.30. The Morgan fingerprint density at radius 3 is 2.51 bits per heavy atom. The highest BCUT2D eigenvalue weighted by Crippen LogP contribution is 2.45. The van der Waals surface area contributed by atoms with E-state index in [-0.39, 0.29) is 11.1 Å². The summed E-state index contributed by atoms with van der Waals surface area (Å²) in [5.74, 6) is -1.93. The summed E-state index contributed by atoms with van der Waals surface area (Å²) in [6, 6.07) is 3.23. The van der Waals surface area contributed by atoms with Crippen molar-refractivity contribution in [2.45, 2.75) is 53.5 Å². The van der Waals surface area contributed by atoms with Gasteiger partial charge in [0.1, 0.15) is 11.6 Å². The van der Waals surface area contributed by atoms with E-state index in [1.54, 1.807) is 6.92 Å². The Kier molecular flexibility index (Phi) is 8.39. The summed E-state index contributed by atoms with van der Waals surface area (Å²) in [6.07, 6.45) is 19.3. The molecule has 0 fully saturated rings. The van der Waals surface area contributed by atoms with Gasteiger partial charge in [-0.25, -0.2) is 13.8 Å². The van der Waals surface area contributed by atoms with E-state index in [4.69, 9.17) is 0 Å². The molecule has 2 aromatic rings. The van der Waals surface area contributed by atoms with Crippen LogP contribution < -0.4 is 5.32 Å². The number of rotatable bonds is 7. The Balaban J connectivity index is 1.66. The molecule has 0 saturated carbocycles. The molecule has 1 aliphatic rings. The van der Waals surface area contributed by atoms with E-state index >= 15 is 0 Å². The van der Waals surface area contributed by atoms with Crippen molar-refractivity contribution in [2.75, 3.05) is 5.32 Å². The third-order valence-electron chi connectivity index (χ3n) is 6.30. The number of amides is 1. The average Bonchev–Trinajstić information content (AvgIpc) is 3.26. The summed E-state index contributed by atoms with van der Waals surface area (Å²) in [7, 11) is 0. The molecule has 1 amide bonds. The first kappa shape index (κ1) is 26.1. The van der Waals surface area contributed by atoms with Crippen molar-refractivity contribution in [1.29, 1.82) is 0 Å². The fraction of sp³-hybridized carbons (Fsp3) is 0.310. The molecule has 1 aromatic carbocycles. The molecule has 0 saturated heterocycles. The van der Waals surface area contributed by atoms with E-state index < -0.39 is 17.5 Å². The van der Waals surface area contributed by atoms with Gasteiger partial charge in [-0.1, -0.05) is 49.8 Å². The SMILES string of the molecule is CC1=C(/C=C/C(C)=C/C=C/C(C)=C/C(=O)Nc2cc(F)cc(F)c2)C(C)(C)CCC1n1ccnc1. The number of benzene rings is 1. The van der Waals surface area contributed by atoms with Gasteiger partial charge >= 0.3 is 0 Å². The third kappa shape index (κ3) is 7.22. The molecular formula is C29H33F2N3O. The Labute approximate surface area is 206 Å². The van der Waals surface area contributed by atoms with Gasteiger partial charge in [0.15, 0.2) is 0 Å². The largest absolute Gasteiger partial charge is 0.330 e. The van der Waals surface area contributed by atoms with Gasteiger partial charge in [-0.2, -0.15) is 0 Å². The quantitative estimate of drug-likeness (QED) is 0.332. The zero-order valence-corrected chi connectivity index (χ0v) is 21.0. The molecule has 1 aliphatic carbocycles. The lowest BCUT2D eigenvalue weighted by Crippen LogP contribution is -2.25. The minimum atomic E-state index is -0.741. The summed E-state index contributed by atoms with van der Waals surface area (Å²) < 4.78 is 28.7. The highest BCUT2D eigenvalue weighted by atomic mass is 19.1. The molecule has 1 atom stereocenters. The van der Waals surface area contributed by atoms with Crippen LogP contribution in [0.4, 0.5) is 14.5 Å². The lowest BCUT2D eigenvalue weighted by atomic mass is 9.71. The van der Waals surface area contributed by atoms with Gasteiger partial charge in [0.2, 0.25) is 5.91 Å². The maximum Gasteiger partial charge on any atom is 0.248 e. The van der Waals surface area contributed by atoms with Crippen molar-refractivity contribution in [3.8, 4) is 0 Å². The molecule has 184 valence electrons. The van der Waals surface area contributed by atoms with Gasteiger partial charge in [-0.3, -0.25) is 4.79 Å². The fourth-order valence-corrected chi connectivity index (χ4v) is 4.43. The standard InChI is InChI=1S/C29H33F2N3O/c1-20(7-6-8-21(2)15-28(35)33-25-17-23(30)16-24(31)18-25)9-10-26-22(3)27(11-12-29(26,4)5)34-14-13-32-19-34/h6-10,13-19,27H,11-12H2,1-5H3,(H,33,35)/b8-6+,10-9+,20-7+,21-15+. The predicted octanol–water partition coefficient (Wildman–Crippen LogP) is 7.48. The monoisotopic (exact) mass is 477 g/mol. The van der Waals surface area contributed by atoms with E-state index in [1.165, 1.54) is 17.2 Å².